The number of thiophene rings is 1. The third-order valence-electron chi connectivity index (χ3n) is 9.41. The summed E-state index contributed by atoms with van der Waals surface area (Å²) in [5.41, 5.74) is 5.29. The highest BCUT2D eigenvalue weighted by molar-refractivity contribution is 7.26. The zero-order valence-electron chi connectivity index (χ0n) is 26.5. The zero-order chi connectivity index (χ0) is 31.5. The molecule has 1 aliphatic heterocycles. The Labute approximate surface area is 273 Å². The minimum Gasteiger partial charge on any atom is -0.399 e. The van der Waals surface area contributed by atoms with Gasteiger partial charge < -0.3 is 9.31 Å². The van der Waals surface area contributed by atoms with Crippen molar-refractivity contribution in [2.24, 2.45) is 0 Å². The van der Waals surface area contributed by atoms with Crippen molar-refractivity contribution in [3.8, 4) is 33.9 Å². The van der Waals surface area contributed by atoms with E-state index in [9.17, 15) is 0 Å². The second-order valence-electron chi connectivity index (χ2n) is 13.0. The lowest BCUT2D eigenvalue weighted by Gasteiger charge is -2.32. The van der Waals surface area contributed by atoms with Crippen LogP contribution in [0, 0.1) is 0 Å². The quantitative estimate of drug-likeness (QED) is 0.180. The Kier molecular flexibility index (Phi) is 7.02. The molecule has 1 saturated heterocycles. The Balaban J connectivity index is 1.32. The fourth-order valence-electron chi connectivity index (χ4n) is 6.11. The third-order valence-corrected chi connectivity index (χ3v) is 10.6. The summed E-state index contributed by atoms with van der Waals surface area (Å²) < 4.78 is 15.4. The average molecular weight is 620 g/mol. The van der Waals surface area contributed by atoms with Gasteiger partial charge in [-0.3, -0.25) is 0 Å². The van der Waals surface area contributed by atoms with Gasteiger partial charge in [0.15, 0.2) is 17.5 Å². The summed E-state index contributed by atoms with van der Waals surface area (Å²) >= 11 is 1.77. The van der Waals surface area contributed by atoms with Crippen LogP contribution in [0.15, 0.2) is 109 Å². The van der Waals surface area contributed by atoms with E-state index in [-0.39, 0.29) is 0 Å². The molecule has 8 rings (SSSR count). The number of aromatic nitrogens is 3. The van der Waals surface area contributed by atoms with Crippen LogP contribution in [-0.2, 0) is 9.31 Å². The molecule has 0 amide bonds. The molecule has 0 saturated carbocycles. The molecular weight excluding hydrogens is 585 g/mol. The van der Waals surface area contributed by atoms with E-state index in [4.69, 9.17) is 24.3 Å². The molecule has 0 atom stereocenters. The molecule has 1 fully saturated rings. The first kappa shape index (κ1) is 29.0. The van der Waals surface area contributed by atoms with E-state index in [0.717, 1.165) is 50.7 Å². The van der Waals surface area contributed by atoms with Crippen molar-refractivity contribution in [1.29, 1.82) is 0 Å². The Morgan fingerprint density at radius 2 is 1.30 bits per heavy atom. The number of nitrogens with zero attached hydrogens (tertiary/aromatic N) is 3. The molecule has 2 aliphatic rings. The van der Waals surface area contributed by atoms with Crippen LogP contribution in [-0.4, -0.2) is 33.3 Å². The van der Waals surface area contributed by atoms with Crippen molar-refractivity contribution in [3.05, 3.63) is 115 Å². The number of benzene rings is 4. The average Bonchev–Trinajstić information content (AvgIpc) is 3.57. The molecule has 226 valence electrons. The Bertz CT molecular complexity index is 2150. The molecule has 7 heteroatoms. The molecule has 6 aromatic rings. The van der Waals surface area contributed by atoms with E-state index in [1.54, 1.807) is 11.3 Å². The van der Waals surface area contributed by atoms with Gasteiger partial charge in [-0.05, 0) is 69.3 Å². The standard InChI is InChI=1S/C39H34BN3O2S/c1-38(2)39(3,4)45-40(44-38)29-23-31-30-17-11-12-18-33(30)46-34(31)32(24-29)37-42-35(27-15-9-6-10-16-27)41-36(43-37)28-21-19-26(20-22-28)25-13-7-5-8-14-25/h5,7-9,11-24H,6,10H2,1-4H3. The van der Waals surface area contributed by atoms with Crippen LogP contribution in [0.1, 0.15) is 46.4 Å². The van der Waals surface area contributed by atoms with Gasteiger partial charge in [0.05, 0.1) is 11.2 Å². The highest BCUT2D eigenvalue weighted by Gasteiger charge is 2.52. The van der Waals surface area contributed by atoms with Gasteiger partial charge in [0.25, 0.3) is 0 Å². The number of fused-ring (bicyclic) bond motifs is 3. The summed E-state index contributed by atoms with van der Waals surface area (Å²) in [6.07, 6.45) is 8.52. The summed E-state index contributed by atoms with van der Waals surface area (Å²) in [4.78, 5) is 15.3. The van der Waals surface area contributed by atoms with Crippen LogP contribution in [0.2, 0.25) is 0 Å². The van der Waals surface area contributed by atoms with Crippen molar-refractivity contribution >= 4 is 49.7 Å². The molecule has 1 aliphatic carbocycles. The summed E-state index contributed by atoms with van der Waals surface area (Å²) in [6, 6.07) is 31.8. The Morgan fingerprint density at radius 3 is 2.04 bits per heavy atom. The lowest BCUT2D eigenvalue weighted by atomic mass is 9.77. The smallest absolute Gasteiger partial charge is 0.399 e. The van der Waals surface area contributed by atoms with Crippen LogP contribution < -0.4 is 5.46 Å². The van der Waals surface area contributed by atoms with Gasteiger partial charge in [0.1, 0.15) is 0 Å². The molecule has 0 radical (unpaired) electrons. The summed E-state index contributed by atoms with van der Waals surface area (Å²) in [6.45, 7) is 8.35. The number of hydrogen-bond donors (Lipinski definition) is 0. The van der Waals surface area contributed by atoms with E-state index in [1.807, 2.05) is 6.07 Å². The number of rotatable bonds is 5. The van der Waals surface area contributed by atoms with Gasteiger partial charge >= 0.3 is 7.12 Å². The molecule has 0 unspecified atom stereocenters. The van der Waals surface area contributed by atoms with Gasteiger partial charge in [-0.1, -0.05) is 97.1 Å². The van der Waals surface area contributed by atoms with Gasteiger partial charge in [-0.25, -0.2) is 15.0 Å². The van der Waals surface area contributed by atoms with E-state index >= 15 is 0 Å². The largest absolute Gasteiger partial charge is 0.494 e. The fraction of sp³-hybridized carbons (Fsp3) is 0.205. The fourth-order valence-corrected chi connectivity index (χ4v) is 7.30. The molecule has 0 N–H and O–H groups in total. The second kappa shape index (κ2) is 11.1. The minimum absolute atomic E-state index is 0.456. The van der Waals surface area contributed by atoms with Gasteiger partial charge in [-0.15, -0.1) is 11.3 Å². The number of hydrogen-bond acceptors (Lipinski definition) is 6. The van der Waals surface area contributed by atoms with Crippen molar-refractivity contribution in [2.75, 3.05) is 0 Å². The lowest BCUT2D eigenvalue weighted by Crippen LogP contribution is -2.41. The van der Waals surface area contributed by atoms with Crippen LogP contribution >= 0.6 is 11.3 Å². The molecule has 5 nitrogen and oxygen atoms in total. The first-order valence-corrected chi connectivity index (χ1v) is 16.7. The summed E-state index contributed by atoms with van der Waals surface area (Å²) in [7, 11) is -0.512. The van der Waals surface area contributed by atoms with E-state index in [0.29, 0.717) is 17.5 Å². The van der Waals surface area contributed by atoms with E-state index < -0.39 is 18.3 Å². The first-order valence-electron chi connectivity index (χ1n) is 15.9. The minimum atomic E-state index is -0.512. The molecular formula is C39H34BN3O2S. The predicted molar refractivity (Wildman–Crippen MR) is 191 cm³/mol. The SMILES string of the molecule is CC1(C)OB(c2cc(-c3nc(C4=CCCC=C4)nc(-c4ccc(-c5ccccc5)cc4)n3)c3sc4ccccc4c3c2)OC1(C)C. The highest BCUT2D eigenvalue weighted by atomic mass is 32.1. The van der Waals surface area contributed by atoms with Crippen molar-refractivity contribution in [3.63, 3.8) is 0 Å². The lowest BCUT2D eigenvalue weighted by molar-refractivity contribution is 0.00578. The Hall–Kier alpha value is -4.43. The topological polar surface area (TPSA) is 57.1 Å². The maximum atomic E-state index is 6.55. The number of allylic oxidation sites excluding steroid dienone is 4. The Morgan fingerprint density at radius 1 is 0.652 bits per heavy atom. The predicted octanol–water partition coefficient (Wildman–Crippen LogP) is 9.27. The maximum Gasteiger partial charge on any atom is 0.494 e. The molecule has 2 aromatic heterocycles. The van der Waals surface area contributed by atoms with E-state index in [1.165, 1.54) is 15.6 Å². The monoisotopic (exact) mass is 619 g/mol. The second-order valence-corrected chi connectivity index (χ2v) is 14.1. The van der Waals surface area contributed by atoms with Gasteiger partial charge in [0, 0.05) is 36.9 Å². The van der Waals surface area contributed by atoms with Gasteiger partial charge in [-0.2, -0.15) is 0 Å². The van der Waals surface area contributed by atoms with Crippen LogP contribution in [0.3, 0.4) is 0 Å². The molecule has 3 heterocycles. The molecule has 4 aromatic carbocycles. The van der Waals surface area contributed by atoms with Crippen molar-refractivity contribution in [1.82, 2.24) is 15.0 Å². The molecule has 0 bridgehead atoms. The highest BCUT2D eigenvalue weighted by Crippen LogP contribution is 2.41. The summed E-state index contributed by atoms with van der Waals surface area (Å²) in [5.74, 6) is 1.97. The molecule has 0 spiro atoms. The molecule has 46 heavy (non-hydrogen) atoms. The van der Waals surface area contributed by atoms with Gasteiger partial charge in [0.2, 0.25) is 0 Å². The van der Waals surface area contributed by atoms with Crippen LogP contribution in [0.25, 0.3) is 59.6 Å². The van der Waals surface area contributed by atoms with Crippen molar-refractivity contribution < 1.29 is 9.31 Å². The summed E-state index contributed by atoms with van der Waals surface area (Å²) in [5, 5.41) is 2.35. The van der Waals surface area contributed by atoms with Crippen molar-refractivity contribution in [2.45, 2.75) is 51.7 Å². The normalized spacial score (nSPS) is 17.1. The van der Waals surface area contributed by atoms with E-state index in [2.05, 4.69) is 131 Å². The van der Waals surface area contributed by atoms with Crippen LogP contribution in [0.4, 0.5) is 0 Å². The van der Waals surface area contributed by atoms with Crippen LogP contribution in [0.5, 0.6) is 0 Å². The first-order chi connectivity index (χ1) is 22.3. The zero-order valence-corrected chi connectivity index (χ0v) is 27.3. The third kappa shape index (κ3) is 5.09. The maximum absolute atomic E-state index is 6.55.